The van der Waals surface area contributed by atoms with E-state index in [0.29, 0.717) is 30.4 Å². The number of fused-ring (bicyclic) bond motifs is 1. The van der Waals surface area contributed by atoms with Crippen molar-refractivity contribution in [2.75, 3.05) is 46.4 Å². The summed E-state index contributed by atoms with van der Waals surface area (Å²) in [5.74, 6) is 1.68. The zero-order chi connectivity index (χ0) is 20.2. The minimum atomic E-state index is 0.0338. The van der Waals surface area contributed by atoms with Gasteiger partial charge in [-0.25, -0.2) is 0 Å². The van der Waals surface area contributed by atoms with E-state index < -0.39 is 0 Å². The Morgan fingerprint density at radius 3 is 2.48 bits per heavy atom. The summed E-state index contributed by atoms with van der Waals surface area (Å²) >= 11 is 6.03. The van der Waals surface area contributed by atoms with E-state index in [-0.39, 0.29) is 5.91 Å². The van der Waals surface area contributed by atoms with Crippen LogP contribution in [-0.2, 0) is 0 Å². The molecule has 0 bridgehead atoms. The van der Waals surface area contributed by atoms with E-state index in [9.17, 15) is 4.79 Å². The Morgan fingerprint density at radius 1 is 1.03 bits per heavy atom. The Kier molecular flexibility index (Phi) is 5.92. The average molecular weight is 414 g/mol. The second-order valence-corrected chi connectivity index (χ2v) is 7.51. The molecule has 0 aliphatic carbocycles. The van der Waals surface area contributed by atoms with Crippen LogP contribution < -0.4 is 9.47 Å². The number of ether oxygens (including phenoxy) is 2. The molecule has 1 amide bonds. The number of nitrogens with one attached hydrogen (secondary N) is 1. The largest absolute Gasteiger partial charge is 0.497 e. The van der Waals surface area contributed by atoms with Gasteiger partial charge in [-0.2, -0.15) is 0 Å². The zero-order valence-electron chi connectivity index (χ0n) is 16.4. The minimum Gasteiger partial charge on any atom is -0.497 e. The normalized spacial score (nSPS) is 14.9. The molecular formula is C22H24ClN3O3. The van der Waals surface area contributed by atoms with Crippen LogP contribution in [0, 0.1) is 0 Å². The topological polar surface area (TPSA) is 57.8 Å². The van der Waals surface area contributed by atoms with Crippen LogP contribution in [0.3, 0.4) is 0 Å². The number of benzene rings is 2. The number of aromatic nitrogens is 1. The van der Waals surface area contributed by atoms with E-state index in [1.54, 1.807) is 7.11 Å². The summed E-state index contributed by atoms with van der Waals surface area (Å²) < 4.78 is 10.9. The molecule has 1 saturated heterocycles. The predicted octanol–water partition coefficient (Wildman–Crippen LogP) is 3.67. The summed E-state index contributed by atoms with van der Waals surface area (Å²) in [6.07, 6.45) is 0. The summed E-state index contributed by atoms with van der Waals surface area (Å²) in [6, 6.07) is 15.1. The fourth-order valence-electron chi connectivity index (χ4n) is 3.52. The lowest BCUT2D eigenvalue weighted by atomic mass is 10.2. The van der Waals surface area contributed by atoms with Gasteiger partial charge in [0.15, 0.2) is 0 Å². The van der Waals surface area contributed by atoms with Crippen LogP contribution in [0.15, 0.2) is 48.5 Å². The van der Waals surface area contributed by atoms with Gasteiger partial charge in [0, 0.05) is 48.6 Å². The standard InChI is InChI=1S/C22H24ClN3O3/c1-28-18-4-6-19(7-5-18)29-13-12-25-8-10-26(11-9-25)22(27)21-14-16-2-3-17(23)15-20(16)24-21/h2-7,14-15,24H,8-13H2,1H3. The maximum Gasteiger partial charge on any atom is 0.270 e. The van der Waals surface area contributed by atoms with Crippen molar-refractivity contribution in [2.24, 2.45) is 0 Å². The number of hydrogen-bond acceptors (Lipinski definition) is 4. The Morgan fingerprint density at radius 2 is 1.76 bits per heavy atom. The molecule has 1 fully saturated rings. The Balaban J connectivity index is 1.25. The van der Waals surface area contributed by atoms with E-state index in [1.165, 1.54) is 0 Å². The number of halogens is 1. The number of H-pyrrole nitrogens is 1. The number of carbonyl (C=O) groups excluding carboxylic acids is 1. The summed E-state index contributed by atoms with van der Waals surface area (Å²) in [7, 11) is 1.65. The third-order valence-electron chi connectivity index (χ3n) is 5.21. The average Bonchev–Trinajstić information content (AvgIpc) is 3.17. The molecule has 1 aromatic heterocycles. The number of amides is 1. The summed E-state index contributed by atoms with van der Waals surface area (Å²) in [5, 5.41) is 1.65. The molecule has 0 radical (unpaired) electrons. The highest BCUT2D eigenvalue weighted by molar-refractivity contribution is 6.31. The SMILES string of the molecule is COc1ccc(OCCN2CCN(C(=O)c3cc4ccc(Cl)cc4[nH]3)CC2)cc1. The molecule has 1 N–H and O–H groups in total. The molecule has 0 spiro atoms. The molecule has 3 aromatic rings. The number of methoxy groups -OCH3 is 1. The van der Waals surface area contributed by atoms with Crippen molar-refractivity contribution >= 4 is 28.4 Å². The maximum atomic E-state index is 12.8. The first kappa shape index (κ1) is 19.6. The number of aromatic amines is 1. The highest BCUT2D eigenvalue weighted by Gasteiger charge is 2.23. The van der Waals surface area contributed by atoms with Crippen molar-refractivity contribution in [1.29, 1.82) is 0 Å². The van der Waals surface area contributed by atoms with E-state index >= 15 is 0 Å². The fourth-order valence-corrected chi connectivity index (χ4v) is 3.70. The quantitative estimate of drug-likeness (QED) is 0.670. The van der Waals surface area contributed by atoms with Gasteiger partial charge >= 0.3 is 0 Å². The number of nitrogens with zero attached hydrogens (tertiary/aromatic N) is 2. The van der Waals surface area contributed by atoms with Gasteiger partial charge in [-0.15, -0.1) is 0 Å². The molecule has 1 aliphatic heterocycles. The van der Waals surface area contributed by atoms with Crippen LogP contribution in [0.2, 0.25) is 5.02 Å². The molecule has 4 rings (SSSR count). The van der Waals surface area contributed by atoms with Crippen molar-refractivity contribution in [1.82, 2.24) is 14.8 Å². The highest BCUT2D eigenvalue weighted by atomic mass is 35.5. The fraction of sp³-hybridized carbons (Fsp3) is 0.318. The first-order chi connectivity index (χ1) is 14.1. The summed E-state index contributed by atoms with van der Waals surface area (Å²) in [4.78, 5) is 20.2. The first-order valence-electron chi connectivity index (χ1n) is 9.69. The van der Waals surface area contributed by atoms with Gasteiger partial charge in [0.05, 0.1) is 7.11 Å². The van der Waals surface area contributed by atoms with E-state index in [0.717, 1.165) is 42.0 Å². The van der Waals surface area contributed by atoms with Gasteiger partial charge in [0.1, 0.15) is 23.8 Å². The van der Waals surface area contributed by atoms with E-state index in [1.807, 2.05) is 53.4 Å². The molecule has 2 heterocycles. The predicted molar refractivity (Wildman–Crippen MR) is 114 cm³/mol. The maximum absolute atomic E-state index is 12.8. The van der Waals surface area contributed by atoms with Crippen LogP contribution in [0.4, 0.5) is 0 Å². The van der Waals surface area contributed by atoms with Crippen molar-refractivity contribution < 1.29 is 14.3 Å². The molecule has 29 heavy (non-hydrogen) atoms. The van der Waals surface area contributed by atoms with Gasteiger partial charge in [0.25, 0.3) is 5.91 Å². The Bertz CT molecular complexity index is 979. The molecule has 2 aromatic carbocycles. The Hall–Kier alpha value is -2.70. The number of hydrogen-bond donors (Lipinski definition) is 1. The summed E-state index contributed by atoms with van der Waals surface area (Å²) in [5.41, 5.74) is 1.49. The lowest BCUT2D eigenvalue weighted by molar-refractivity contribution is 0.0615. The number of rotatable bonds is 6. The van der Waals surface area contributed by atoms with Crippen molar-refractivity contribution in [3.63, 3.8) is 0 Å². The third kappa shape index (κ3) is 4.66. The van der Waals surface area contributed by atoms with Crippen LogP contribution in [0.1, 0.15) is 10.5 Å². The minimum absolute atomic E-state index is 0.0338. The van der Waals surface area contributed by atoms with Crippen LogP contribution in [0.25, 0.3) is 10.9 Å². The molecule has 7 heteroatoms. The molecule has 6 nitrogen and oxygen atoms in total. The second kappa shape index (κ2) is 8.76. The molecule has 152 valence electrons. The smallest absolute Gasteiger partial charge is 0.270 e. The summed E-state index contributed by atoms with van der Waals surface area (Å²) in [6.45, 7) is 4.53. The Labute approximate surface area is 175 Å². The van der Waals surface area contributed by atoms with Crippen LogP contribution >= 0.6 is 11.6 Å². The van der Waals surface area contributed by atoms with Gasteiger partial charge in [-0.05, 0) is 42.5 Å². The zero-order valence-corrected chi connectivity index (χ0v) is 17.1. The van der Waals surface area contributed by atoms with Crippen molar-refractivity contribution in [3.05, 3.63) is 59.2 Å². The molecule has 0 unspecified atom stereocenters. The lowest BCUT2D eigenvalue weighted by Gasteiger charge is -2.34. The first-order valence-corrected chi connectivity index (χ1v) is 10.1. The third-order valence-corrected chi connectivity index (χ3v) is 5.45. The molecule has 0 atom stereocenters. The number of carbonyl (C=O) groups is 1. The molecular weight excluding hydrogens is 390 g/mol. The highest BCUT2D eigenvalue weighted by Crippen LogP contribution is 2.21. The monoisotopic (exact) mass is 413 g/mol. The molecule has 1 aliphatic rings. The van der Waals surface area contributed by atoms with E-state index in [4.69, 9.17) is 21.1 Å². The van der Waals surface area contributed by atoms with Crippen LogP contribution in [0.5, 0.6) is 11.5 Å². The van der Waals surface area contributed by atoms with Crippen molar-refractivity contribution in [2.45, 2.75) is 0 Å². The van der Waals surface area contributed by atoms with E-state index in [2.05, 4.69) is 9.88 Å². The van der Waals surface area contributed by atoms with Gasteiger partial charge < -0.3 is 19.4 Å². The number of piperazine rings is 1. The lowest BCUT2D eigenvalue weighted by Crippen LogP contribution is -2.49. The van der Waals surface area contributed by atoms with Gasteiger partial charge in [0.2, 0.25) is 0 Å². The second-order valence-electron chi connectivity index (χ2n) is 7.07. The van der Waals surface area contributed by atoms with Gasteiger partial charge in [-0.1, -0.05) is 17.7 Å². The van der Waals surface area contributed by atoms with Gasteiger partial charge in [-0.3, -0.25) is 9.69 Å². The molecule has 0 saturated carbocycles. The van der Waals surface area contributed by atoms with Crippen LogP contribution in [-0.4, -0.2) is 67.1 Å². The van der Waals surface area contributed by atoms with Crippen molar-refractivity contribution in [3.8, 4) is 11.5 Å².